The lowest BCUT2D eigenvalue weighted by molar-refractivity contribution is -0.384. The number of thiophene rings is 1. The van der Waals surface area contributed by atoms with Gasteiger partial charge in [0.1, 0.15) is 0 Å². The largest absolute Gasteiger partial charge is 0.397 e. The molecule has 1 aromatic heterocycles. The fraction of sp³-hybridized carbons (Fsp3) is 0.0833. The third-order valence-corrected chi connectivity index (χ3v) is 3.37. The number of rotatable bonds is 3. The van der Waals surface area contributed by atoms with E-state index in [4.69, 9.17) is 5.73 Å². The number of nitro benzene ring substituents is 1. The average Bonchev–Trinajstić information content (AvgIpc) is 2.82. The Morgan fingerprint density at radius 2 is 1.95 bits per heavy atom. The summed E-state index contributed by atoms with van der Waals surface area (Å²) in [5.74, 6) is 0. The number of aldehydes is 1. The van der Waals surface area contributed by atoms with E-state index in [0.717, 1.165) is 11.3 Å². The molecule has 0 aliphatic carbocycles. The van der Waals surface area contributed by atoms with Crippen LogP contribution in [0.3, 0.4) is 0 Å². The third kappa shape index (κ3) is 3.15. The van der Waals surface area contributed by atoms with Gasteiger partial charge in [-0.1, -0.05) is 12.1 Å². The van der Waals surface area contributed by atoms with Crippen molar-refractivity contribution in [2.24, 2.45) is 5.73 Å². The molecule has 0 unspecified atom stereocenters. The number of carbonyl (C=O) groups is 1. The summed E-state index contributed by atoms with van der Waals surface area (Å²) in [5.41, 5.74) is 11.0. The summed E-state index contributed by atoms with van der Waals surface area (Å²) in [6.45, 7) is 0. The molecule has 100 valence electrons. The number of carbonyl (C=O) groups excluding carboxylic acids is 1. The number of hydrogen-bond acceptors (Lipinski definition) is 6. The second kappa shape index (κ2) is 6.62. The number of hydrogen-bond donors (Lipinski definition) is 2. The van der Waals surface area contributed by atoms with Gasteiger partial charge in [-0.05, 0) is 19.2 Å². The highest BCUT2D eigenvalue weighted by molar-refractivity contribution is 7.17. The first kappa shape index (κ1) is 14.8. The Balaban J connectivity index is 0.000000861. The number of nitro groups is 1. The van der Waals surface area contributed by atoms with E-state index in [2.05, 4.69) is 5.73 Å². The van der Waals surface area contributed by atoms with Crippen molar-refractivity contribution in [3.63, 3.8) is 0 Å². The zero-order valence-corrected chi connectivity index (χ0v) is 11.0. The molecule has 0 fully saturated rings. The minimum absolute atomic E-state index is 0.00574. The zero-order chi connectivity index (χ0) is 14.4. The Kier molecular flexibility index (Phi) is 5.16. The monoisotopic (exact) mass is 279 g/mol. The molecule has 7 heteroatoms. The minimum Gasteiger partial charge on any atom is -0.397 e. The fourth-order valence-electron chi connectivity index (χ4n) is 1.49. The van der Waals surface area contributed by atoms with Crippen LogP contribution >= 0.6 is 11.3 Å². The predicted octanol–water partition coefficient (Wildman–Crippen LogP) is 2.29. The average molecular weight is 279 g/mol. The van der Waals surface area contributed by atoms with Crippen molar-refractivity contribution < 1.29 is 9.72 Å². The fourth-order valence-corrected chi connectivity index (χ4v) is 2.42. The molecule has 0 saturated carbocycles. The lowest BCUT2D eigenvalue weighted by atomic mass is 10.1. The second-order valence-electron chi connectivity index (χ2n) is 3.32. The Hall–Kier alpha value is -2.25. The quantitative estimate of drug-likeness (QED) is 0.508. The van der Waals surface area contributed by atoms with Crippen LogP contribution in [0, 0.1) is 10.1 Å². The summed E-state index contributed by atoms with van der Waals surface area (Å²) in [6, 6.07) is 7.94. The first-order valence-corrected chi connectivity index (χ1v) is 6.11. The summed E-state index contributed by atoms with van der Waals surface area (Å²) in [6.07, 6.45) is 0.651. The van der Waals surface area contributed by atoms with Crippen LogP contribution in [0.2, 0.25) is 0 Å². The molecular weight excluding hydrogens is 266 g/mol. The highest BCUT2D eigenvalue weighted by atomic mass is 32.1. The zero-order valence-electron chi connectivity index (χ0n) is 10.2. The molecule has 0 amide bonds. The molecule has 0 atom stereocenters. The van der Waals surface area contributed by atoms with Gasteiger partial charge in [0, 0.05) is 10.9 Å². The molecular formula is C12H13N3O3S. The Morgan fingerprint density at radius 3 is 2.47 bits per heavy atom. The van der Waals surface area contributed by atoms with Gasteiger partial charge in [0.05, 0.1) is 21.1 Å². The predicted molar refractivity (Wildman–Crippen MR) is 76.3 cm³/mol. The van der Waals surface area contributed by atoms with Crippen molar-refractivity contribution in [3.05, 3.63) is 45.3 Å². The van der Waals surface area contributed by atoms with Crippen LogP contribution in [0.25, 0.3) is 10.4 Å². The van der Waals surface area contributed by atoms with E-state index in [1.165, 1.54) is 13.1 Å². The van der Waals surface area contributed by atoms with Gasteiger partial charge in [-0.25, -0.2) is 0 Å². The maximum absolute atomic E-state index is 10.9. The summed E-state index contributed by atoms with van der Waals surface area (Å²) >= 11 is 1.15. The van der Waals surface area contributed by atoms with Crippen molar-refractivity contribution in [2.45, 2.75) is 0 Å². The Labute approximate surface area is 113 Å². The lowest BCUT2D eigenvalue weighted by Crippen LogP contribution is -1.90. The van der Waals surface area contributed by atoms with Gasteiger partial charge >= 0.3 is 0 Å². The van der Waals surface area contributed by atoms with Crippen LogP contribution < -0.4 is 11.5 Å². The lowest BCUT2D eigenvalue weighted by Gasteiger charge is -1.98. The number of nitrogen functional groups attached to an aromatic ring is 1. The molecule has 4 N–H and O–H groups in total. The summed E-state index contributed by atoms with van der Waals surface area (Å²) in [4.78, 5) is 22.1. The highest BCUT2D eigenvalue weighted by Gasteiger charge is 2.17. The topological polar surface area (TPSA) is 112 Å². The van der Waals surface area contributed by atoms with Crippen LogP contribution in [-0.2, 0) is 0 Å². The minimum atomic E-state index is -0.453. The molecule has 0 radical (unpaired) electrons. The van der Waals surface area contributed by atoms with E-state index in [1.807, 2.05) is 0 Å². The molecule has 0 aliphatic rings. The van der Waals surface area contributed by atoms with E-state index >= 15 is 0 Å². The van der Waals surface area contributed by atoms with Gasteiger partial charge in [0.15, 0.2) is 6.29 Å². The van der Waals surface area contributed by atoms with Crippen molar-refractivity contribution in [2.75, 3.05) is 12.8 Å². The first-order valence-electron chi connectivity index (χ1n) is 5.29. The summed E-state index contributed by atoms with van der Waals surface area (Å²) in [7, 11) is 1.50. The van der Waals surface area contributed by atoms with Gasteiger partial charge in [-0.15, -0.1) is 11.3 Å². The van der Waals surface area contributed by atoms with Gasteiger partial charge in [0.25, 0.3) is 5.69 Å². The van der Waals surface area contributed by atoms with E-state index in [9.17, 15) is 14.9 Å². The van der Waals surface area contributed by atoms with Crippen molar-refractivity contribution in [1.29, 1.82) is 0 Å². The summed E-state index contributed by atoms with van der Waals surface area (Å²) in [5, 5.41) is 10.9. The Morgan fingerprint density at radius 1 is 1.32 bits per heavy atom. The SMILES string of the molecule is CN.Nc1cc(-c2ccccc2[N+](=O)[O-])sc1C=O. The molecule has 1 heterocycles. The highest BCUT2D eigenvalue weighted by Crippen LogP contribution is 2.37. The van der Waals surface area contributed by atoms with Crippen molar-refractivity contribution in [3.8, 4) is 10.4 Å². The van der Waals surface area contributed by atoms with Gasteiger partial charge in [0.2, 0.25) is 0 Å². The molecule has 0 spiro atoms. The number of benzene rings is 1. The molecule has 2 aromatic rings. The number of anilines is 1. The van der Waals surface area contributed by atoms with Crippen LogP contribution in [0.1, 0.15) is 9.67 Å². The third-order valence-electron chi connectivity index (χ3n) is 2.26. The molecule has 0 saturated heterocycles. The van der Waals surface area contributed by atoms with E-state index < -0.39 is 4.92 Å². The van der Waals surface area contributed by atoms with Crippen molar-refractivity contribution in [1.82, 2.24) is 0 Å². The van der Waals surface area contributed by atoms with E-state index in [-0.39, 0.29) is 5.69 Å². The van der Waals surface area contributed by atoms with Crippen molar-refractivity contribution >= 4 is 29.0 Å². The van der Waals surface area contributed by atoms with E-state index in [0.29, 0.717) is 27.3 Å². The molecule has 1 aromatic carbocycles. The van der Waals surface area contributed by atoms with E-state index in [1.54, 1.807) is 24.3 Å². The maximum Gasteiger partial charge on any atom is 0.278 e. The number of nitrogens with two attached hydrogens (primary N) is 2. The normalized spacial score (nSPS) is 9.37. The van der Waals surface area contributed by atoms with Crippen LogP contribution in [0.4, 0.5) is 11.4 Å². The van der Waals surface area contributed by atoms with Crippen LogP contribution in [0.15, 0.2) is 30.3 Å². The summed E-state index contributed by atoms with van der Waals surface area (Å²) < 4.78 is 0. The standard InChI is InChI=1S/C11H8N2O3S.CH5N/c12-8-5-10(17-11(8)6-14)7-3-1-2-4-9(7)13(15)16;1-2/h1-6H,12H2;2H2,1H3. The van der Waals surface area contributed by atoms with Gasteiger partial charge < -0.3 is 11.5 Å². The second-order valence-corrected chi connectivity index (χ2v) is 4.41. The molecule has 2 rings (SSSR count). The number of para-hydroxylation sites is 1. The number of nitrogens with zero attached hydrogens (tertiary/aromatic N) is 1. The van der Waals surface area contributed by atoms with Gasteiger partial charge in [-0.2, -0.15) is 0 Å². The Bertz CT molecular complexity index is 596. The first-order chi connectivity index (χ1) is 9.13. The molecule has 6 nitrogen and oxygen atoms in total. The maximum atomic E-state index is 10.9. The molecule has 19 heavy (non-hydrogen) atoms. The molecule has 0 aliphatic heterocycles. The molecule has 0 bridgehead atoms. The smallest absolute Gasteiger partial charge is 0.278 e. The van der Waals surface area contributed by atoms with Crippen LogP contribution in [-0.4, -0.2) is 18.3 Å². The van der Waals surface area contributed by atoms with Gasteiger partial charge in [-0.3, -0.25) is 14.9 Å². The van der Waals surface area contributed by atoms with Crippen LogP contribution in [0.5, 0.6) is 0 Å².